The lowest BCUT2D eigenvalue weighted by Gasteiger charge is -2.30. The van der Waals surface area contributed by atoms with Gasteiger partial charge in [-0.3, -0.25) is 9.69 Å². The quantitative estimate of drug-likeness (QED) is 0.592. The van der Waals surface area contributed by atoms with Crippen LogP contribution in [0.4, 0.5) is 0 Å². The minimum Gasteiger partial charge on any atom is -0.379 e. The Kier molecular flexibility index (Phi) is 5.74. The molecule has 6 heteroatoms. The van der Waals surface area contributed by atoms with E-state index in [1.165, 1.54) is 5.56 Å². The third kappa shape index (κ3) is 4.36. The van der Waals surface area contributed by atoms with Crippen LogP contribution in [0.5, 0.6) is 0 Å². The number of benzene rings is 2. The first-order chi connectivity index (χ1) is 15.2. The first-order valence-electron chi connectivity index (χ1n) is 11.2. The molecule has 1 saturated carbocycles. The van der Waals surface area contributed by atoms with Gasteiger partial charge in [0.15, 0.2) is 0 Å². The molecule has 0 spiro atoms. The molecule has 1 aromatic heterocycles. The van der Waals surface area contributed by atoms with Gasteiger partial charge in [-0.25, -0.2) is 4.98 Å². The van der Waals surface area contributed by atoms with Crippen LogP contribution in [0.2, 0.25) is 0 Å². The summed E-state index contributed by atoms with van der Waals surface area (Å²) in [4.78, 5) is 22.8. The van der Waals surface area contributed by atoms with Gasteiger partial charge in [0.1, 0.15) is 5.82 Å². The predicted octanol–water partition coefficient (Wildman–Crippen LogP) is 3.04. The molecule has 0 radical (unpaired) electrons. The summed E-state index contributed by atoms with van der Waals surface area (Å²) < 4.78 is 7.59. The summed E-state index contributed by atoms with van der Waals surface area (Å²) in [6, 6.07) is 18.6. The van der Waals surface area contributed by atoms with E-state index in [0.29, 0.717) is 12.5 Å². The topological polar surface area (TPSA) is 50.6 Å². The van der Waals surface area contributed by atoms with Crippen molar-refractivity contribution in [2.45, 2.75) is 18.9 Å². The standard InChI is InChI=1S/C25H30N4O2/c1-27-23-10-6-5-9-22(23)26-24(27)18-29(12-11-28-13-15-31-16-14-28)25(30)21-17-20(21)19-7-3-2-4-8-19/h2-10,20-21H,11-18H2,1H3/t20-,21+/m0/s1. The van der Waals surface area contributed by atoms with Gasteiger partial charge in [0, 0.05) is 39.1 Å². The zero-order valence-electron chi connectivity index (χ0n) is 18.1. The maximum atomic E-state index is 13.5. The van der Waals surface area contributed by atoms with Crippen LogP contribution in [-0.2, 0) is 23.1 Å². The Bertz CT molecular complexity index is 1040. The number of nitrogens with zero attached hydrogens (tertiary/aromatic N) is 4. The molecule has 1 aliphatic carbocycles. The molecular weight excluding hydrogens is 388 g/mol. The number of hydrogen-bond acceptors (Lipinski definition) is 4. The minimum atomic E-state index is 0.0850. The van der Waals surface area contributed by atoms with Crippen molar-refractivity contribution >= 4 is 16.9 Å². The molecule has 2 aliphatic rings. The lowest BCUT2D eigenvalue weighted by molar-refractivity contribution is -0.133. The smallest absolute Gasteiger partial charge is 0.226 e. The molecule has 0 unspecified atom stereocenters. The van der Waals surface area contributed by atoms with Gasteiger partial charge in [-0.05, 0) is 30.0 Å². The molecule has 1 aliphatic heterocycles. The minimum absolute atomic E-state index is 0.0850. The van der Waals surface area contributed by atoms with Crippen LogP contribution in [-0.4, -0.2) is 64.7 Å². The molecule has 2 aromatic carbocycles. The van der Waals surface area contributed by atoms with E-state index in [2.05, 4.69) is 39.8 Å². The molecule has 5 rings (SSSR count). The molecule has 1 saturated heterocycles. The van der Waals surface area contributed by atoms with Gasteiger partial charge in [0.25, 0.3) is 0 Å². The van der Waals surface area contributed by atoms with E-state index in [-0.39, 0.29) is 11.8 Å². The maximum absolute atomic E-state index is 13.5. The van der Waals surface area contributed by atoms with Crippen molar-refractivity contribution in [1.29, 1.82) is 0 Å². The molecule has 6 nitrogen and oxygen atoms in total. The number of ether oxygens (including phenoxy) is 1. The third-order valence-electron chi connectivity index (χ3n) is 6.65. The van der Waals surface area contributed by atoms with Gasteiger partial charge in [-0.1, -0.05) is 42.5 Å². The number of carbonyl (C=O) groups excluding carboxylic acids is 1. The second-order valence-corrected chi connectivity index (χ2v) is 8.65. The molecule has 0 N–H and O–H groups in total. The normalized spacial score (nSPS) is 21.3. The Labute approximate surface area is 183 Å². The van der Waals surface area contributed by atoms with E-state index < -0.39 is 0 Å². The fourth-order valence-electron chi connectivity index (χ4n) is 4.63. The highest BCUT2D eigenvalue weighted by molar-refractivity contribution is 5.83. The molecule has 3 aromatic rings. The lowest BCUT2D eigenvalue weighted by atomic mass is 10.1. The van der Waals surface area contributed by atoms with Crippen molar-refractivity contribution in [2.75, 3.05) is 39.4 Å². The van der Waals surface area contributed by atoms with E-state index in [4.69, 9.17) is 9.72 Å². The summed E-state index contributed by atoms with van der Waals surface area (Å²) in [7, 11) is 2.04. The number of morpholine rings is 1. The van der Waals surface area contributed by atoms with Gasteiger partial charge < -0.3 is 14.2 Å². The number of aryl methyl sites for hydroxylation is 1. The average Bonchev–Trinajstić information content (AvgIpc) is 3.56. The van der Waals surface area contributed by atoms with Crippen LogP contribution in [0, 0.1) is 5.92 Å². The van der Waals surface area contributed by atoms with Crippen LogP contribution in [0.15, 0.2) is 54.6 Å². The van der Waals surface area contributed by atoms with Crippen molar-refractivity contribution in [3.63, 3.8) is 0 Å². The highest BCUT2D eigenvalue weighted by Gasteiger charge is 2.45. The number of fused-ring (bicyclic) bond motifs is 1. The van der Waals surface area contributed by atoms with Gasteiger partial charge in [-0.15, -0.1) is 0 Å². The first-order valence-corrected chi connectivity index (χ1v) is 11.2. The Morgan fingerprint density at radius 3 is 2.61 bits per heavy atom. The van der Waals surface area contributed by atoms with Crippen LogP contribution in [0.3, 0.4) is 0 Å². The second kappa shape index (κ2) is 8.81. The van der Waals surface area contributed by atoms with Crippen LogP contribution < -0.4 is 0 Å². The van der Waals surface area contributed by atoms with Crippen LogP contribution in [0.25, 0.3) is 11.0 Å². The number of hydrogen-bond donors (Lipinski definition) is 0. The summed E-state index contributed by atoms with van der Waals surface area (Å²) in [6.07, 6.45) is 0.944. The van der Waals surface area contributed by atoms with E-state index in [1.54, 1.807) is 0 Å². The molecule has 2 fully saturated rings. The zero-order chi connectivity index (χ0) is 21.2. The molecular formula is C25H30N4O2. The fraction of sp³-hybridized carbons (Fsp3) is 0.440. The number of carbonyl (C=O) groups is 1. The van der Waals surface area contributed by atoms with Crippen molar-refractivity contribution in [3.05, 3.63) is 66.0 Å². The number of para-hydroxylation sites is 2. The fourth-order valence-corrected chi connectivity index (χ4v) is 4.63. The summed E-state index contributed by atoms with van der Waals surface area (Å²) in [5.74, 6) is 1.63. The third-order valence-corrected chi connectivity index (χ3v) is 6.65. The van der Waals surface area contributed by atoms with E-state index in [0.717, 1.165) is 62.7 Å². The van der Waals surface area contributed by atoms with E-state index in [9.17, 15) is 4.79 Å². The zero-order valence-corrected chi connectivity index (χ0v) is 18.1. The van der Waals surface area contributed by atoms with Crippen molar-refractivity contribution < 1.29 is 9.53 Å². The molecule has 2 atom stereocenters. The number of amides is 1. The molecule has 31 heavy (non-hydrogen) atoms. The molecule has 0 bridgehead atoms. The molecule has 2 heterocycles. The summed E-state index contributed by atoms with van der Waals surface area (Å²) in [6.45, 7) is 5.57. The largest absolute Gasteiger partial charge is 0.379 e. The summed E-state index contributed by atoms with van der Waals surface area (Å²) in [5, 5.41) is 0. The second-order valence-electron chi connectivity index (χ2n) is 8.65. The SMILES string of the molecule is Cn1c(CN(CCN2CCOCC2)C(=O)[C@@H]2C[C@H]2c2ccccc2)nc2ccccc21. The van der Waals surface area contributed by atoms with Crippen molar-refractivity contribution in [3.8, 4) is 0 Å². The van der Waals surface area contributed by atoms with Crippen molar-refractivity contribution in [1.82, 2.24) is 19.4 Å². The van der Waals surface area contributed by atoms with Crippen LogP contribution in [0.1, 0.15) is 23.7 Å². The highest BCUT2D eigenvalue weighted by atomic mass is 16.5. The van der Waals surface area contributed by atoms with Crippen LogP contribution >= 0.6 is 0 Å². The monoisotopic (exact) mass is 418 g/mol. The Balaban J connectivity index is 1.33. The number of aromatic nitrogens is 2. The number of imidazole rings is 1. The van der Waals surface area contributed by atoms with E-state index in [1.807, 2.05) is 36.2 Å². The number of rotatable bonds is 7. The summed E-state index contributed by atoms with van der Waals surface area (Å²) in [5.41, 5.74) is 3.36. The Morgan fingerprint density at radius 1 is 1.10 bits per heavy atom. The lowest BCUT2D eigenvalue weighted by Crippen LogP contribution is -2.43. The van der Waals surface area contributed by atoms with Crippen molar-refractivity contribution in [2.24, 2.45) is 13.0 Å². The van der Waals surface area contributed by atoms with Gasteiger partial charge in [0.2, 0.25) is 5.91 Å². The Hall–Kier alpha value is -2.70. The highest BCUT2D eigenvalue weighted by Crippen LogP contribution is 2.48. The summed E-state index contributed by atoms with van der Waals surface area (Å²) >= 11 is 0. The molecule has 162 valence electrons. The maximum Gasteiger partial charge on any atom is 0.226 e. The molecule has 1 amide bonds. The first kappa shape index (κ1) is 20.2. The Morgan fingerprint density at radius 2 is 1.84 bits per heavy atom. The van der Waals surface area contributed by atoms with Gasteiger partial charge >= 0.3 is 0 Å². The van der Waals surface area contributed by atoms with Gasteiger partial charge in [0.05, 0.1) is 30.8 Å². The van der Waals surface area contributed by atoms with E-state index >= 15 is 0 Å². The van der Waals surface area contributed by atoms with Gasteiger partial charge in [-0.2, -0.15) is 0 Å². The predicted molar refractivity (Wildman–Crippen MR) is 121 cm³/mol. The average molecular weight is 419 g/mol.